The van der Waals surface area contributed by atoms with Crippen molar-refractivity contribution in [3.8, 4) is 0 Å². The molecule has 5 rings (SSSR count). The Bertz CT molecular complexity index is 1670. The van der Waals surface area contributed by atoms with Crippen molar-refractivity contribution in [1.82, 2.24) is 14.9 Å². The summed E-state index contributed by atoms with van der Waals surface area (Å²) in [6.07, 6.45) is 1.20. The standard InChI is InChI=1S/C32H29N3O6/c1-39-21-35-28-15-9-8-14-24(28)25-16-26(33-18-29(25)35)31(37)34-27(32(38)41-20-23-12-6-3-7-13-23)17-30(36)40-19-22-10-4-2-5-11-22/h2-16,18,27H,17,19-21H2,1H3,(H,34,37)/t27-/m0/s1. The molecule has 0 unspecified atom stereocenters. The van der Waals surface area contributed by atoms with Crippen LogP contribution in [0, 0.1) is 0 Å². The van der Waals surface area contributed by atoms with Crippen LogP contribution >= 0.6 is 0 Å². The molecule has 0 fully saturated rings. The van der Waals surface area contributed by atoms with Crippen molar-refractivity contribution in [2.75, 3.05) is 7.11 Å². The maximum atomic E-state index is 13.3. The molecule has 1 atom stereocenters. The minimum atomic E-state index is -1.28. The van der Waals surface area contributed by atoms with E-state index >= 15 is 0 Å². The summed E-state index contributed by atoms with van der Waals surface area (Å²) < 4.78 is 18.1. The molecule has 41 heavy (non-hydrogen) atoms. The summed E-state index contributed by atoms with van der Waals surface area (Å²) in [5.41, 5.74) is 3.41. The highest BCUT2D eigenvalue weighted by atomic mass is 16.5. The Labute approximate surface area is 236 Å². The lowest BCUT2D eigenvalue weighted by molar-refractivity contribution is -0.153. The Morgan fingerprint density at radius 2 is 1.44 bits per heavy atom. The Morgan fingerprint density at radius 1 is 0.805 bits per heavy atom. The van der Waals surface area contributed by atoms with Crippen molar-refractivity contribution in [1.29, 1.82) is 0 Å². The Hall–Kier alpha value is -5.02. The van der Waals surface area contributed by atoms with Gasteiger partial charge < -0.3 is 24.1 Å². The summed E-state index contributed by atoms with van der Waals surface area (Å²) >= 11 is 0. The SMILES string of the molecule is COCn1c2ccccc2c2cc(C(=O)N[C@@H](CC(=O)OCc3ccccc3)C(=O)OCc3ccccc3)ncc21. The lowest BCUT2D eigenvalue weighted by atomic mass is 10.1. The number of rotatable bonds is 11. The molecule has 2 heterocycles. The summed E-state index contributed by atoms with van der Waals surface area (Å²) in [5, 5.41) is 4.37. The molecule has 0 aliphatic carbocycles. The highest BCUT2D eigenvalue weighted by Crippen LogP contribution is 2.29. The fraction of sp³-hybridized carbons (Fsp3) is 0.188. The van der Waals surface area contributed by atoms with Crippen LogP contribution in [-0.4, -0.2) is 40.5 Å². The molecule has 1 amide bonds. The van der Waals surface area contributed by atoms with Gasteiger partial charge >= 0.3 is 11.9 Å². The maximum Gasteiger partial charge on any atom is 0.329 e. The van der Waals surface area contributed by atoms with Gasteiger partial charge in [-0.1, -0.05) is 78.9 Å². The van der Waals surface area contributed by atoms with Crippen LogP contribution in [0.15, 0.2) is 97.2 Å². The quantitative estimate of drug-likeness (QED) is 0.236. The molecule has 0 bridgehead atoms. The van der Waals surface area contributed by atoms with E-state index in [1.54, 1.807) is 19.4 Å². The third-order valence-electron chi connectivity index (χ3n) is 6.58. The summed E-state index contributed by atoms with van der Waals surface area (Å²) in [4.78, 5) is 43.5. The lowest BCUT2D eigenvalue weighted by Gasteiger charge is -2.17. The third-order valence-corrected chi connectivity index (χ3v) is 6.58. The molecule has 9 nitrogen and oxygen atoms in total. The second-order valence-corrected chi connectivity index (χ2v) is 9.42. The third kappa shape index (κ3) is 6.59. The fourth-order valence-corrected chi connectivity index (χ4v) is 4.56. The van der Waals surface area contributed by atoms with Crippen LogP contribution in [0.25, 0.3) is 21.8 Å². The number of ether oxygens (including phenoxy) is 3. The number of benzene rings is 3. The van der Waals surface area contributed by atoms with E-state index in [1.165, 1.54) is 0 Å². The zero-order valence-corrected chi connectivity index (χ0v) is 22.5. The summed E-state index contributed by atoms with van der Waals surface area (Å²) in [5.74, 6) is -2.02. The fourth-order valence-electron chi connectivity index (χ4n) is 4.56. The van der Waals surface area contributed by atoms with Gasteiger partial charge in [-0.3, -0.25) is 9.59 Å². The number of fused-ring (bicyclic) bond motifs is 3. The normalized spacial score (nSPS) is 11.7. The molecular formula is C32H29N3O6. The highest BCUT2D eigenvalue weighted by Gasteiger charge is 2.28. The molecule has 0 spiro atoms. The average Bonchev–Trinajstić information content (AvgIpc) is 3.32. The first-order chi connectivity index (χ1) is 20.0. The Kier molecular flexibility index (Phi) is 8.66. The summed E-state index contributed by atoms with van der Waals surface area (Å²) in [7, 11) is 1.61. The number of carbonyl (C=O) groups is 3. The molecule has 1 N–H and O–H groups in total. The molecule has 0 saturated carbocycles. The highest BCUT2D eigenvalue weighted by molar-refractivity contribution is 6.10. The number of esters is 2. The van der Waals surface area contributed by atoms with Gasteiger partial charge in [-0.25, -0.2) is 9.78 Å². The Morgan fingerprint density at radius 3 is 2.12 bits per heavy atom. The van der Waals surface area contributed by atoms with Crippen LogP contribution in [0.2, 0.25) is 0 Å². The van der Waals surface area contributed by atoms with Gasteiger partial charge in [0.2, 0.25) is 0 Å². The molecule has 2 aromatic heterocycles. The van der Waals surface area contributed by atoms with E-state index in [4.69, 9.17) is 14.2 Å². The van der Waals surface area contributed by atoms with Crippen LogP contribution in [0.1, 0.15) is 28.0 Å². The molecule has 0 aliphatic rings. The molecule has 9 heteroatoms. The van der Waals surface area contributed by atoms with E-state index in [1.807, 2.05) is 89.5 Å². The van der Waals surface area contributed by atoms with E-state index in [-0.39, 0.29) is 18.9 Å². The van der Waals surface area contributed by atoms with Crippen molar-refractivity contribution >= 4 is 39.7 Å². The van der Waals surface area contributed by atoms with Crippen molar-refractivity contribution in [2.24, 2.45) is 0 Å². The molecule has 0 aliphatic heterocycles. The number of hydrogen-bond acceptors (Lipinski definition) is 7. The largest absolute Gasteiger partial charge is 0.461 e. The number of nitrogens with zero attached hydrogens (tertiary/aromatic N) is 2. The van der Waals surface area contributed by atoms with Gasteiger partial charge in [0.1, 0.15) is 31.7 Å². The van der Waals surface area contributed by atoms with Gasteiger partial charge in [0.05, 0.1) is 23.7 Å². The van der Waals surface area contributed by atoms with Gasteiger partial charge in [-0.05, 0) is 23.3 Å². The minimum absolute atomic E-state index is 0.00563. The van der Waals surface area contributed by atoms with Gasteiger partial charge in [-0.2, -0.15) is 0 Å². The van der Waals surface area contributed by atoms with Crippen LogP contribution in [0.3, 0.4) is 0 Å². The number of hydrogen-bond donors (Lipinski definition) is 1. The van der Waals surface area contributed by atoms with E-state index in [9.17, 15) is 14.4 Å². The predicted molar refractivity (Wildman–Crippen MR) is 153 cm³/mol. The van der Waals surface area contributed by atoms with Crippen LogP contribution in [0.4, 0.5) is 0 Å². The molecule has 208 valence electrons. The van der Waals surface area contributed by atoms with Crippen molar-refractivity contribution in [3.63, 3.8) is 0 Å². The van der Waals surface area contributed by atoms with Crippen molar-refractivity contribution in [3.05, 3.63) is 114 Å². The zero-order chi connectivity index (χ0) is 28.6. The van der Waals surface area contributed by atoms with Gasteiger partial charge in [0.25, 0.3) is 5.91 Å². The number of carbonyl (C=O) groups excluding carboxylic acids is 3. The first-order valence-corrected chi connectivity index (χ1v) is 13.1. The van der Waals surface area contributed by atoms with Gasteiger partial charge in [-0.15, -0.1) is 0 Å². The van der Waals surface area contributed by atoms with Crippen LogP contribution in [-0.2, 0) is 43.7 Å². The van der Waals surface area contributed by atoms with E-state index in [2.05, 4.69) is 10.3 Å². The number of aromatic nitrogens is 2. The van der Waals surface area contributed by atoms with Crippen LogP contribution < -0.4 is 5.32 Å². The first kappa shape index (κ1) is 27.5. The van der Waals surface area contributed by atoms with Crippen molar-refractivity contribution in [2.45, 2.75) is 32.4 Å². The minimum Gasteiger partial charge on any atom is -0.461 e. The summed E-state index contributed by atoms with van der Waals surface area (Å²) in [6.45, 7) is 0.356. The number of para-hydroxylation sites is 1. The number of amides is 1. The zero-order valence-electron chi connectivity index (χ0n) is 22.5. The molecule has 0 radical (unpaired) electrons. The summed E-state index contributed by atoms with van der Waals surface area (Å²) in [6, 6.07) is 26.5. The molecule has 5 aromatic rings. The van der Waals surface area contributed by atoms with E-state index in [0.717, 1.165) is 32.9 Å². The number of methoxy groups -OCH3 is 1. The second-order valence-electron chi connectivity index (χ2n) is 9.42. The monoisotopic (exact) mass is 551 g/mol. The number of pyridine rings is 1. The second kappa shape index (κ2) is 12.9. The average molecular weight is 552 g/mol. The van der Waals surface area contributed by atoms with Crippen molar-refractivity contribution < 1.29 is 28.6 Å². The van der Waals surface area contributed by atoms with Gasteiger partial charge in [0.15, 0.2) is 0 Å². The first-order valence-electron chi connectivity index (χ1n) is 13.1. The maximum absolute atomic E-state index is 13.3. The lowest BCUT2D eigenvalue weighted by Crippen LogP contribution is -2.43. The molecule has 0 saturated heterocycles. The van der Waals surface area contributed by atoms with Gasteiger partial charge in [0, 0.05) is 17.9 Å². The van der Waals surface area contributed by atoms with E-state index in [0.29, 0.717) is 6.73 Å². The number of nitrogens with one attached hydrogen (secondary N) is 1. The Balaban J connectivity index is 1.35. The smallest absolute Gasteiger partial charge is 0.329 e. The van der Waals surface area contributed by atoms with E-state index < -0.39 is 30.3 Å². The predicted octanol–water partition coefficient (Wildman–Crippen LogP) is 4.77. The van der Waals surface area contributed by atoms with Crippen LogP contribution in [0.5, 0.6) is 0 Å². The topological polar surface area (TPSA) is 109 Å². The molecular weight excluding hydrogens is 522 g/mol. The molecule has 3 aromatic carbocycles.